The predicted octanol–water partition coefficient (Wildman–Crippen LogP) is 2.76. The van der Waals surface area contributed by atoms with E-state index >= 15 is 0 Å². The second-order valence-electron chi connectivity index (χ2n) is 3.95. The lowest BCUT2D eigenvalue weighted by molar-refractivity contribution is 0.577. The van der Waals surface area contributed by atoms with E-state index in [1.54, 1.807) is 24.4 Å². The van der Waals surface area contributed by atoms with E-state index in [0.29, 0.717) is 16.5 Å². The van der Waals surface area contributed by atoms with Gasteiger partial charge in [0.15, 0.2) is 0 Å². The third-order valence-corrected chi connectivity index (χ3v) is 2.79. The van der Waals surface area contributed by atoms with Gasteiger partial charge in [-0.25, -0.2) is 8.78 Å². The van der Waals surface area contributed by atoms with Crippen LogP contribution in [0, 0.1) is 11.6 Å². The highest BCUT2D eigenvalue weighted by Gasteiger charge is 2.09. The number of nitrogens with zero attached hydrogens (tertiary/aromatic N) is 3. The van der Waals surface area contributed by atoms with Gasteiger partial charge < -0.3 is 0 Å². The summed E-state index contributed by atoms with van der Waals surface area (Å²) in [5.74, 6) is -0.781. The summed E-state index contributed by atoms with van der Waals surface area (Å²) >= 11 is 0. The van der Waals surface area contributed by atoms with E-state index < -0.39 is 5.82 Å². The zero-order valence-electron chi connectivity index (χ0n) is 9.35. The fourth-order valence-electron chi connectivity index (χ4n) is 1.91. The average molecular weight is 245 g/mol. The summed E-state index contributed by atoms with van der Waals surface area (Å²) in [5, 5.41) is 4.78. The Kier molecular flexibility index (Phi) is 2.51. The second-order valence-corrected chi connectivity index (χ2v) is 3.95. The van der Waals surface area contributed by atoms with Crippen molar-refractivity contribution in [2.45, 2.75) is 6.54 Å². The number of rotatable bonds is 2. The van der Waals surface area contributed by atoms with Gasteiger partial charge in [0.2, 0.25) is 0 Å². The van der Waals surface area contributed by atoms with Gasteiger partial charge in [-0.3, -0.25) is 9.67 Å². The largest absolute Gasteiger partial charge is 0.262 e. The number of hydrogen-bond donors (Lipinski definition) is 0. The van der Waals surface area contributed by atoms with Crippen molar-refractivity contribution in [2.24, 2.45) is 0 Å². The lowest BCUT2D eigenvalue weighted by Gasteiger charge is -2.05. The molecule has 0 unspecified atom stereocenters. The number of hydrogen-bond acceptors (Lipinski definition) is 2. The van der Waals surface area contributed by atoms with Gasteiger partial charge in [0.1, 0.15) is 17.2 Å². The molecule has 90 valence electrons. The van der Waals surface area contributed by atoms with Crippen LogP contribution in [0.2, 0.25) is 0 Å². The summed E-state index contributed by atoms with van der Waals surface area (Å²) in [5.41, 5.74) is 0.812. The van der Waals surface area contributed by atoms with Gasteiger partial charge in [-0.15, -0.1) is 0 Å². The first-order valence-electron chi connectivity index (χ1n) is 5.44. The minimum Gasteiger partial charge on any atom is -0.262 e. The minimum absolute atomic E-state index is 0.179. The molecule has 1 aromatic carbocycles. The summed E-state index contributed by atoms with van der Waals surface area (Å²) < 4.78 is 28.6. The summed E-state index contributed by atoms with van der Waals surface area (Å²) in [6, 6.07) is 6.31. The van der Waals surface area contributed by atoms with Crippen LogP contribution in [-0.4, -0.2) is 14.8 Å². The monoisotopic (exact) mass is 245 g/mol. The normalized spacial score (nSPS) is 11.0. The Morgan fingerprint density at radius 3 is 2.78 bits per heavy atom. The molecule has 0 fully saturated rings. The highest BCUT2D eigenvalue weighted by molar-refractivity contribution is 5.79. The van der Waals surface area contributed by atoms with E-state index in [1.165, 1.54) is 16.9 Å². The molecule has 0 bridgehead atoms. The van der Waals surface area contributed by atoms with Crippen molar-refractivity contribution >= 4 is 10.9 Å². The number of aromatic nitrogens is 3. The quantitative estimate of drug-likeness (QED) is 0.695. The van der Waals surface area contributed by atoms with Crippen molar-refractivity contribution in [1.82, 2.24) is 14.8 Å². The fourth-order valence-corrected chi connectivity index (χ4v) is 1.91. The number of pyridine rings is 1. The van der Waals surface area contributed by atoms with Gasteiger partial charge >= 0.3 is 0 Å². The van der Waals surface area contributed by atoms with Crippen LogP contribution in [0.4, 0.5) is 8.78 Å². The molecule has 0 N–H and O–H groups in total. The molecule has 18 heavy (non-hydrogen) atoms. The molecule has 2 heterocycles. The molecule has 0 saturated carbocycles. The van der Waals surface area contributed by atoms with E-state index in [4.69, 9.17) is 0 Å². The summed E-state index contributed by atoms with van der Waals surface area (Å²) in [7, 11) is 0. The maximum absolute atomic E-state index is 13.7. The number of halogens is 2. The smallest absolute Gasteiger partial charge is 0.149 e. The highest BCUT2D eigenvalue weighted by Crippen LogP contribution is 2.18. The van der Waals surface area contributed by atoms with Crippen LogP contribution in [0.25, 0.3) is 10.9 Å². The predicted molar refractivity (Wildman–Crippen MR) is 63.0 cm³/mol. The third kappa shape index (κ3) is 1.73. The first-order valence-corrected chi connectivity index (χ1v) is 5.44. The molecular weight excluding hydrogens is 236 g/mol. The van der Waals surface area contributed by atoms with E-state index in [1.807, 2.05) is 0 Å². The molecule has 3 nitrogen and oxygen atoms in total. The van der Waals surface area contributed by atoms with Crippen molar-refractivity contribution in [3.63, 3.8) is 0 Å². The van der Waals surface area contributed by atoms with Crippen LogP contribution in [0.3, 0.4) is 0 Å². The average Bonchev–Trinajstić information content (AvgIpc) is 2.77. The van der Waals surface area contributed by atoms with Crippen LogP contribution in [0.1, 0.15) is 5.56 Å². The third-order valence-electron chi connectivity index (χ3n) is 2.79. The molecule has 0 radical (unpaired) electrons. The van der Waals surface area contributed by atoms with E-state index in [9.17, 15) is 8.78 Å². The van der Waals surface area contributed by atoms with E-state index in [2.05, 4.69) is 10.1 Å². The Morgan fingerprint density at radius 1 is 1.06 bits per heavy atom. The standard InChI is InChI=1S/C13H9F2N3/c14-11-3-1-2-9-6-17-18(13(9)11)8-10-4-5-16-7-12(10)15/h1-7H,8H2. The van der Waals surface area contributed by atoms with Gasteiger partial charge in [-0.2, -0.15) is 5.10 Å². The van der Waals surface area contributed by atoms with Crippen molar-refractivity contribution in [2.75, 3.05) is 0 Å². The molecule has 0 amide bonds. The summed E-state index contributed by atoms with van der Waals surface area (Å²) in [6.07, 6.45) is 4.20. The summed E-state index contributed by atoms with van der Waals surface area (Å²) in [6.45, 7) is 0.179. The lowest BCUT2D eigenvalue weighted by atomic mass is 10.2. The molecule has 3 rings (SSSR count). The molecular formula is C13H9F2N3. The first kappa shape index (κ1) is 10.8. The second kappa shape index (κ2) is 4.18. The minimum atomic E-state index is -0.419. The van der Waals surface area contributed by atoms with Gasteiger partial charge in [0.05, 0.1) is 18.9 Å². The molecule has 3 aromatic rings. The molecule has 2 aromatic heterocycles. The maximum atomic E-state index is 13.7. The molecule has 0 saturated heterocycles. The van der Waals surface area contributed by atoms with Gasteiger partial charge in [-0.05, 0) is 12.1 Å². The van der Waals surface area contributed by atoms with Crippen LogP contribution < -0.4 is 0 Å². The van der Waals surface area contributed by atoms with Crippen molar-refractivity contribution < 1.29 is 8.78 Å². The SMILES string of the molecule is Fc1cnccc1Cn1ncc2cccc(F)c21. The molecule has 0 atom stereocenters. The number of fused-ring (bicyclic) bond motifs is 1. The Hall–Kier alpha value is -2.30. The van der Waals surface area contributed by atoms with Crippen LogP contribution in [0.15, 0.2) is 42.9 Å². The zero-order chi connectivity index (χ0) is 12.5. The van der Waals surface area contributed by atoms with Crippen LogP contribution >= 0.6 is 0 Å². The number of benzene rings is 1. The molecule has 5 heteroatoms. The first-order chi connectivity index (χ1) is 8.75. The summed E-state index contributed by atoms with van der Waals surface area (Å²) in [4.78, 5) is 3.68. The van der Waals surface area contributed by atoms with Gasteiger partial charge in [-0.1, -0.05) is 12.1 Å². The Balaban J connectivity index is 2.09. The van der Waals surface area contributed by atoms with Crippen molar-refractivity contribution in [3.05, 3.63) is 60.1 Å². The zero-order valence-corrected chi connectivity index (χ0v) is 9.35. The molecule has 0 spiro atoms. The lowest BCUT2D eigenvalue weighted by Crippen LogP contribution is -2.04. The Labute approximate surface area is 102 Å². The Bertz CT molecular complexity index is 706. The maximum Gasteiger partial charge on any atom is 0.149 e. The van der Waals surface area contributed by atoms with Gasteiger partial charge in [0, 0.05) is 17.1 Å². The van der Waals surface area contributed by atoms with E-state index in [0.717, 1.165) is 6.20 Å². The fraction of sp³-hybridized carbons (Fsp3) is 0.0769. The van der Waals surface area contributed by atoms with Crippen LogP contribution in [-0.2, 0) is 6.54 Å². The topological polar surface area (TPSA) is 30.7 Å². The highest BCUT2D eigenvalue weighted by atomic mass is 19.1. The molecule has 0 aliphatic heterocycles. The van der Waals surface area contributed by atoms with Gasteiger partial charge in [0.25, 0.3) is 0 Å². The Morgan fingerprint density at radius 2 is 1.94 bits per heavy atom. The number of para-hydroxylation sites is 1. The van der Waals surface area contributed by atoms with E-state index in [-0.39, 0.29) is 12.4 Å². The molecule has 0 aliphatic carbocycles. The molecule has 0 aliphatic rings. The van der Waals surface area contributed by atoms with Crippen LogP contribution in [0.5, 0.6) is 0 Å². The van der Waals surface area contributed by atoms with Crippen molar-refractivity contribution in [1.29, 1.82) is 0 Å². The van der Waals surface area contributed by atoms with Crippen molar-refractivity contribution in [3.8, 4) is 0 Å².